The van der Waals surface area contributed by atoms with Crippen molar-refractivity contribution in [3.63, 3.8) is 0 Å². The van der Waals surface area contributed by atoms with Gasteiger partial charge in [-0.2, -0.15) is 0 Å². The Morgan fingerprint density at radius 1 is 0.586 bits per heavy atom. The van der Waals surface area contributed by atoms with Gasteiger partial charge in [-0.3, -0.25) is 0 Å². The summed E-state index contributed by atoms with van der Waals surface area (Å²) in [7, 11) is 0. The number of rotatable bonds is 0. The highest BCUT2D eigenvalue weighted by molar-refractivity contribution is 9.10. The Labute approximate surface area is 180 Å². The molecular formula is C27H21BrO. The van der Waals surface area contributed by atoms with E-state index < -0.39 is 0 Å². The van der Waals surface area contributed by atoms with Gasteiger partial charge in [-0.05, 0) is 46.5 Å². The number of ether oxygens (including phenoxy) is 1. The van der Waals surface area contributed by atoms with E-state index in [0.29, 0.717) is 0 Å². The van der Waals surface area contributed by atoms with E-state index in [9.17, 15) is 0 Å². The molecule has 0 amide bonds. The number of hydrogen-bond donors (Lipinski definition) is 0. The first-order valence-electron chi connectivity index (χ1n) is 10.1. The van der Waals surface area contributed by atoms with E-state index >= 15 is 0 Å². The van der Waals surface area contributed by atoms with Crippen LogP contribution in [0, 0.1) is 0 Å². The van der Waals surface area contributed by atoms with Crippen molar-refractivity contribution < 1.29 is 4.74 Å². The summed E-state index contributed by atoms with van der Waals surface area (Å²) < 4.78 is 7.41. The van der Waals surface area contributed by atoms with Crippen LogP contribution in [0.15, 0.2) is 95.5 Å². The third-order valence-corrected chi connectivity index (χ3v) is 6.30. The van der Waals surface area contributed by atoms with E-state index in [2.05, 4.69) is 94.8 Å². The van der Waals surface area contributed by atoms with Crippen LogP contribution in [-0.4, -0.2) is 0 Å². The van der Waals surface area contributed by atoms with Crippen molar-refractivity contribution >= 4 is 15.9 Å². The second-order valence-corrected chi connectivity index (χ2v) is 8.00. The Morgan fingerprint density at radius 2 is 1.10 bits per heavy atom. The van der Waals surface area contributed by atoms with Crippen molar-refractivity contribution in [2.75, 3.05) is 0 Å². The average molecular weight is 441 g/mol. The first kappa shape index (κ1) is 18.2. The summed E-state index contributed by atoms with van der Waals surface area (Å²) in [5, 5.41) is 0. The zero-order valence-electron chi connectivity index (χ0n) is 16.4. The maximum Gasteiger partial charge on any atom is 0.132 e. The lowest BCUT2D eigenvalue weighted by molar-refractivity contribution is 0.436. The first-order valence-corrected chi connectivity index (χ1v) is 10.9. The van der Waals surface area contributed by atoms with Crippen LogP contribution in [0.2, 0.25) is 0 Å². The Bertz CT molecular complexity index is 1180. The monoisotopic (exact) mass is 440 g/mol. The van der Waals surface area contributed by atoms with Gasteiger partial charge in [0.1, 0.15) is 11.5 Å². The van der Waals surface area contributed by atoms with Gasteiger partial charge in [0.15, 0.2) is 0 Å². The van der Waals surface area contributed by atoms with Gasteiger partial charge in [-0.1, -0.05) is 96.5 Å². The molecule has 29 heavy (non-hydrogen) atoms. The van der Waals surface area contributed by atoms with Crippen LogP contribution in [0.4, 0.5) is 0 Å². The fourth-order valence-electron chi connectivity index (χ4n) is 4.83. The maximum atomic E-state index is 6.31. The molecule has 0 atom stereocenters. The van der Waals surface area contributed by atoms with Crippen LogP contribution in [0.3, 0.4) is 0 Å². The van der Waals surface area contributed by atoms with Crippen LogP contribution in [-0.2, 0) is 5.41 Å². The maximum absolute atomic E-state index is 6.31. The van der Waals surface area contributed by atoms with Crippen molar-refractivity contribution in [1.82, 2.24) is 0 Å². The van der Waals surface area contributed by atoms with Gasteiger partial charge in [-0.15, -0.1) is 0 Å². The Hall–Kier alpha value is -2.84. The molecule has 0 unspecified atom stereocenters. The third-order valence-electron chi connectivity index (χ3n) is 5.81. The van der Waals surface area contributed by atoms with Crippen molar-refractivity contribution in [3.05, 3.63) is 118 Å². The van der Waals surface area contributed by atoms with Gasteiger partial charge in [0.05, 0.1) is 5.41 Å². The summed E-state index contributed by atoms with van der Waals surface area (Å²) in [5.41, 5.74) is 7.26. The lowest BCUT2D eigenvalue weighted by Gasteiger charge is -2.39. The van der Waals surface area contributed by atoms with E-state index in [0.717, 1.165) is 16.0 Å². The number of hydrogen-bond acceptors (Lipinski definition) is 1. The summed E-state index contributed by atoms with van der Waals surface area (Å²) in [5.74, 6) is 1.86. The Kier molecular flexibility index (Phi) is 4.33. The van der Waals surface area contributed by atoms with E-state index in [4.69, 9.17) is 4.74 Å². The Balaban J connectivity index is 0.000000882. The minimum atomic E-state index is -0.360. The summed E-state index contributed by atoms with van der Waals surface area (Å²) in [6.45, 7) is 4.00. The molecule has 2 heteroatoms. The topological polar surface area (TPSA) is 9.23 Å². The summed E-state index contributed by atoms with van der Waals surface area (Å²) in [6.07, 6.45) is 0. The highest BCUT2D eigenvalue weighted by Crippen LogP contribution is 2.62. The lowest BCUT2D eigenvalue weighted by atomic mass is 9.66. The second kappa shape index (κ2) is 6.89. The molecule has 1 heterocycles. The predicted octanol–water partition coefficient (Wildman–Crippen LogP) is 7.94. The molecule has 0 saturated heterocycles. The zero-order valence-corrected chi connectivity index (χ0v) is 18.0. The minimum Gasteiger partial charge on any atom is -0.457 e. The highest BCUT2D eigenvalue weighted by Gasteiger charge is 2.50. The molecule has 1 nitrogen and oxygen atoms in total. The average Bonchev–Trinajstić information content (AvgIpc) is 3.06. The predicted molar refractivity (Wildman–Crippen MR) is 123 cm³/mol. The van der Waals surface area contributed by atoms with Crippen LogP contribution < -0.4 is 4.74 Å². The Morgan fingerprint density at radius 3 is 1.76 bits per heavy atom. The molecule has 1 spiro atoms. The number of para-hydroxylation sites is 2. The lowest BCUT2D eigenvalue weighted by Crippen LogP contribution is -2.32. The molecule has 1 aliphatic carbocycles. The van der Waals surface area contributed by atoms with Gasteiger partial charge in [0, 0.05) is 15.6 Å². The molecule has 0 fully saturated rings. The molecule has 142 valence electrons. The van der Waals surface area contributed by atoms with Gasteiger partial charge < -0.3 is 4.74 Å². The van der Waals surface area contributed by atoms with Crippen LogP contribution in [0.25, 0.3) is 11.1 Å². The quantitative estimate of drug-likeness (QED) is 0.232. The summed E-state index contributed by atoms with van der Waals surface area (Å²) >= 11 is 3.71. The molecule has 2 aliphatic rings. The van der Waals surface area contributed by atoms with Gasteiger partial charge in [-0.25, -0.2) is 0 Å². The fourth-order valence-corrected chi connectivity index (χ4v) is 5.19. The normalized spacial score (nSPS) is 13.9. The number of fused-ring (bicyclic) bond motifs is 9. The van der Waals surface area contributed by atoms with Crippen LogP contribution in [0.5, 0.6) is 11.5 Å². The number of halogens is 1. The smallest absolute Gasteiger partial charge is 0.132 e. The van der Waals surface area contributed by atoms with E-state index in [-0.39, 0.29) is 5.41 Å². The van der Waals surface area contributed by atoms with E-state index in [1.165, 1.54) is 33.4 Å². The van der Waals surface area contributed by atoms with Crippen LogP contribution >= 0.6 is 15.9 Å². The van der Waals surface area contributed by atoms with E-state index in [1.54, 1.807) is 0 Å². The SMILES string of the molecule is Brc1ccc2c(c1)C1(c3ccccc3Oc3ccccc31)c1ccccc1-2.CC. The molecule has 6 rings (SSSR count). The highest BCUT2D eigenvalue weighted by atomic mass is 79.9. The second-order valence-electron chi connectivity index (χ2n) is 7.08. The molecule has 0 saturated carbocycles. The third kappa shape index (κ3) is 2.39. The van der Waals surface area contributed by atoms with Crippen molar-refractivity contribution in [2.45, 2.75) is 19.3 Å². The fraction of sp³-hybridized carbons (Fsp3) is 0.111. The molecule has 4 aromatic rings. The van der Waals surface area contributed by atoms with Crippen molar-refractivity contribution in [2.24, 2.45) is 0 Å². The standard InChI is InChI=1S/C25H15BrO.C2H6/c26-16-13-14-18-17-7-1-2-8-19(17)25(22(18)15-16)20-9-3-5-11-23(20)27-24-12-6-4-10-21(24)25;1-2/h1-15H;1-2H3. The van der Waals surface area contributed by atoms with Crippen molar-refractivity contribution in [3.8, 4) is 22.6 Å². The molecule has 4 aromatic carbocycles. The van der Waals surface area contributed by atoms with Gasteiger partial charge >= 0.3 is 0 Å². The molecule has 1 aliphatic heterocycles. The molecule has 0 radical (unpaired) electrons. The zero-order chi connectivity index (χ0) is 20.0. The molecule has 0 N–H and O–H groups in total. The van der Waals surface area contributed by atoms with E-state index in [1.807, 2.05) is 26.0 Å². The van der Waals surface area contributed by atoms with Gasteiger partial charge in [0.25, 0.3) is 0 Å². The van der Waals surface area contributed by atoms with Gasteiger partial charge in [0.2, 0.25) is 0 Å². The largest absolute Gasteiger partial charge is 0.457 e. The molecule has 0 aromatic heterocycles. The first-order chi connectivity index (χ1) is 14.3. The van der Waals surface area contributed by atoms with Crippen LogP contribution in [0.1, 0.15) is 36.1 Å². The number of benzene rings is 4. The van der Waals surface area contributed by atoms with Crippen molar-refractivity contribution in [1.29, 1.82) is 0 Å². The molecule has 0 bridgehead atoms. The summed E-state index contributed by atoms with van der Waals surface area (Å²) in [6, 6.07) is 32.3. The summed E-state index contributed by atoms with van der Waals surface area (Å²) in [4.78, 5) is 0. The molecular weight excluding hydrogens is 420 g/mol. The minimum absolute atomic E-state index is 0.360.